The van der Waals surface area contributed by atoms with E-state index >= 15 is 0 Å². The van der Waals surface area contributed by atoms with Gasteiger partial charge in [0, 0.05) is 38.4 Å². The van der Waals surface area contributed by atoms with E-state index in [-0.39, 0.29) is 6.42 Å². The third-order valence-electron chi connectivity index (χ3n) is 7.40. The average molecular weight is 579 g/mol. The molecule has 0 aliphatic carbocycles. The van der Waals surface area contributed by atoms with E-state index in [0.29, 0.717) is 53.8 Å². The second kappa shape index (κ2) is 12.1. The van der Waals surface area contributed by atoms with E-state index < -0.39 is 23.3 Å². The first kappa shape index (κ1) is 27.7. The monoisotopic (exact) mass is 577 g/mol. The summed E-state index contributed by atoms with van der Waals surface area (Å²) in [6, 6.07) is 19.7. The number of carbonyl (C=O) groups excluding carboxylic acids is 1. The molecule has 10 heteroatoms. The highest BCUT2D eigenvalue weighted by Crippen LogP contribution is 2.42. The van der Waals surface area contributed by atoms with Gasteiger partial charge in [-0.15, -0.1) is 0 Å². The van der Waals surface area contributed by atoms with Gasteiger partial charge in [-0.2, -0.15) is 0 Å². The molecule has 1 aliphatic rings. The molecule has 5 rings (SSSR count). The molecule has 1 aliphatic heterocycles. The molecule has 1 fully saturated rings. The number of carbonyl (C=O) groups is 2. The molecule has 2 N–H and O–H groups in total. The smallest absolute Gasteiger partial charge is 0.326 e. The standard InChI is InChI=1S/C30H29Cl2N5O3/c31-24-10-6-9-23(27(24)32)30(12-15-37(16-13-30)26-11-4-5-14-33-26)29(40)35-25(28(38)39)17-22-19-36(20-34-22)18-21-7-2-1-3-8-21/h1-11,14,19-20,25H,12-13,15-18H2,(H,35,40)(H,38,39). The summed E-state index contributed by atoms with van der Waals surface area (Å²) in [6.45, 7) is 1.69. The molecule has 0 bridgehead atoms. The number of carboxylic acid groups (broad SMARTS) is 1. The van der Waals surface area contributed by atoms with Crippen LogP contribution >= 0.6 is 23.2 Å². The maximum atomic E-state index is 14.0. The second-order valence-corrected chi connectivity index (χ2v) is 10.7. The minimum Gasteiger partial charge on any atom is -0.480 e. The minimum atomic E-state index is -1.17. The van der Waals surface area contributed by atoms with Gasteiger partial charge in [-0.25, -0.2) is 14.8 Å². The fraction of sp³-hybridized carbons (Fsp3) is 0.267. The zero-order valence-electron chi connectivity index (χ0n) is 21.7. The van der Waals surface area contributed by atoms with Crippen LogP contribution in [0.5, 0.6) is 0 Å². The van der Waals surface area contributed by atoms with Gasteiger partial charge in [-0.3, -0.25) is 4.79 Å². The largest absolute Gasteiger partial charge is 0.480 e. The Morgan fingerprint density at radius 1 is 0.975 bits per heavy atom. The van der Waals surface area contributed by atoms with Gasteiger partial charge in [0.15, 0.2) is 0 Å². The summed E-state index contributed by atoms with van der Waals surface area (Å²) < 4.78 is 1.89. The van der Waals surface area contributed by atoms with Crippen molar-refractivity contribution < 1.29 is 14.7 Å². The van der Waals surface area contributed by atoms with E-state index in [1.807, 2.05) is 59.3 Å². The topological polar surface area (TPSA) is 100 Å². The highest BCUT2D eigenvalue weighted by Gasteiger charge is 2.46. The fourth-order valence-corrected chi connectivity index (χ4v) is 5.73. The van der Waals surface area contributed by atoms with E-state index in [0.717, 1.165) is 11.4 Å². The number of aliphatic carboxylic acids is 1. The number of rotatable bonds is 9. The molecule has 2 aromatic carbocycles. The van der Waals surface area contributed by atoms with Gasteiger partial charge in [0.2, 0.25) is 5.91 Å². The molecule has 206 valence electrons. The highest BCUT2D eigenvalue weighted by molar-refractivity contribution is 6.42. The number of halogens is 2. The van der Waals surface area contributed by atoms with Crippen LogP contribution < -0.4 is 10.2 Å². The first-order chi connectivity index (χ1) is 19.4. The Balaban J connectivity index is 1.36. The average Bonchev–Trinajstić information content (AvgIpc) is 3.41. The Kier molecular flexibility index (Phi) is 8.38. The molecule has 3 heterocycles. The van der Waals surface area contributed by atoms with Crippen molar-refractivity contribution in [2.24, 2.45) is 0 Å². The maximum absolute atomic E-state index is 14.0. The molecular weight excluding hydrogens is 549 g/mol. The Labute approximate surface area is 242 Å². The molecule has 1 unspecified atom stereocenters. The molecule has 0 spiro atoms. The molecular formula is C30H29Cl2N5O3. The predicted molar refractivity (Wildman–Crippen MR) is 155 cm³/mol. The van der Waals surface area contributed by atoms with Crippen LogP contribution in [0.2, 0.25) is 10.0 Å². The van der Waals surface area contributed by atoms with Crippen LogP contribution in [0, 0.1) is 0 Å². The Hall–Kier alpha value is -3.88. The lowest BCUT2D eigenvalue weighted by Crippen LogP contribution is -2.55. The van der Waals surface area contributed by atoms with Gasteiger partial charge < -0.3 is 19.9 Å². The van der Waals surface area contributed by atoms with Crippen molar-refractivity contribution in [1.29, 1.82) is 0 Å². The van der Waals surface area contributed by atoms with Crippen molar-refractivity contribution in [1.82, 2.24) is 19.9 Å². The van der Waals surface area contributed by atoms with Gasteiger partial charge in [-0.05, 0) is 42.2 Å². The number of carboxylic acids is 1. The van der Waals surface area contributed by atoms with Crippen molar-refractivity contribution in [3.8, 4) is 0 Å². The van der Waals surface area contributed by atoms with E-state index in [4.69, 9.17) is 23.2 Å². The molecule has 8 nitrogen and oxygen atoms in total. The summed E-state index contributed by atoms with van der Waals surface area (Å²) in [5.41, 5.74) is 1.21. The van der Waals surface area contributed by atoms with Crippen LogP contribution in [0.25, 0.3) is 0 Å². The number of pyridine rings is 1. The van der Waals surface area contributed by atoms with Gasteiger partial charge in [-0.1, -0.05) is 71.7 Å². The van der Waals surface area contributed by atoms with Crippen LogP contribution in [0.3, 0.4) is 0 Å². The molecule has 1 atom stereocenters. The van der Waals surface area contributed by atoms with Crippen LogP contribution in [0.15, 0.2) is 85.5 Å². The number of benzene rings is 2. The third-order valence-corrected chi connectivity index (χ3v) is 8.22. The summed E-state index contributed by atoms with van der Waals surface area (Å²) in [7, 11) is 0. The summed E-state index contributed by atoms with van der Waals surface area (Å²) in [5, 5.41) is 13.5. The first-order valence-electron chi connectivity index (χ1n) is 13.0. The minimum absolute atomic E-state index is 0.0439. The maximum Gasteiger partial charge on any atom is 0.326 e. The summed E-state index contributed by atoms with van der Waals surface area (Å²) in [6.07, 6.45) is 6.08. The first-order valence-corrected chi connectivity index (χ1v) is 13.8. The molecule has 1 saturated heterocycles. The molecule has 0 saturated carbocycles. The number of piperidine rings is 1. The summed E-state index contributed by atoms with van der Waals surface area (Å²) in [5.74, 6) is -0.708. The Morgan fingerprint density at radius 3 is 2.42 bits per heavy atom. The van der Waals surface area contributed by atoms with Gasteiger partial charge >= 0.3 is 5.97 Å². The van der Waals surface area contributed by atoms with E-state index in [1.165, 1.54) is 0 Å². The molecule has 4 aromatic rings. The van der Waals surface area contributed by atoms with Crippen molar-refractivity contribution >= 4 is 40.9 Å². The quantitative estimate of drug-likeness (QED) is 0.291. The van der Waals surface area contributed by atoms with E-state index in [2.05, 4.69) is 20.2 Å². The van der Waals surface area contributed by atoms with Crippen molar-refractivity contribution in [2.45, 2.75) is 37.3 Å². The number of aromatic nitrogens is 3. The predicted octanol–water partition coefficient (Wildman–Crippen LogP) is 4.98. The van der Waals surface area contributed by atoms with E-state index in [1.54, 1.807) is 30.7 Å². The van der Waals surface area contributed by atoms with Crippen molar-refractivity contribution in [3.05, 3.63) is 112 Å². The normalized spacial score (nSPS) is 15.4. The van der Waals surface area contributed by atoms with E-state index in [9.17, 15) is 14.7 Å². The SMILES string of the molecule is O=C(O)C(Cc1cn(Cc2ccccc2)cn1)NC(=O)C1(c2cccc(Cl)c2Cl)CCN(c2ccccn2)CC1. The number of imidazole rings is 1. The Bertz CT molecular complexity index is 1470. The van der Waals surface area contributed by atoms with Gasteiger partial charge in [0.25, 0.3) is 0 Å². The lowest BCUT2D eigenvalue weighted by atomic mass is 9.71. The summed E-state index contributed by atoms with van der Waals surface area (Å²) in [4.78, 5) is 37.3. The lowest BCUT2D eigenvalue weighted by Gasteiger charge is -2.42. The highest BCUT2D eigenvalue weighted by atomic mass is 35.5. The lowest BCUT2D eigenvalue weighted by molar-refractivity contribution is -0.143. The van der Waals surface area contributed by atoms with Crippen LogP contribution in [0.4, 0.5) is 5.82 Å². The molecule has 1 amide bonds. The van der Waals surface area contributed by atoms with Crippen molar-refractivity contribution in [2.75, 3.05) is 18.0 Å². The molecule has 40 heavy (non-hydrogen) atoms. The molecule has 2 aromatic heterocycles. The third kappa shape index (κ3) is 5.98. The number of hydrogen-bond acceptors (Lipinski definition) is 5. The van der Waals surface area contributed by atoms with Gasteiger partial charge in [0.05, 0.1) is 27.5 Å². The Morgan fingerprint density at radius 2 is 1.73 bits per heavy atom. The zero-order valence-corrected chi connectivity index (χ0v) is 23.2. The number of amides is 1. The second-order valence-electron chi connectivity index (χ2n) is 9.95. The summed E-state index contributed by atoms with van der Waals surface area (Å²) >= 11 is 13.0. The fourth-order valence-electron chi connectivity index (χ4n) is 5.25. The van der Waals surface area contributed by atoms with Crippen LogP contribution in [-0.2, 0) is 28.0 Å². The number of anilines is 1. The number of nitrogens with one attached hydrogen (secondary N) is 1. The molecule has 0 radical (unpaired) electrons. The van der Waals surface area contributed by atoms with Crippen LogP contribution in [0.1, 0.15) is 29.7 Å². The van der Waals surface area contributed by atoms with Gasteiger partial charge in [0.1, 0.15) is 11.9 Å². The van der Waals surface area contributed by atoms with Crippen molar-refractivity contribution in [3.63, 3.8) is 0 Å². The number of hydrogen-bond donors (Lipinski definition) is 2. The zero-order chi connectivity index (χ0) is 28.1. The number of nitrogens with zero attached hydrogens (tertiary/aromatic N) is 4. The van der Waals surface area contributed by atoms with Crippen LogP contribution in [-0.4, -0.2) is 50.6 Å².